The molecule has 1 N–H and O–H groups in total. The van der Waals surface area contributed by atoms with Gasteiger partial charge in [-0.1, -0.05) is 30.3 Å². The third-order valence-electron chi connectivity index (χ3n) is 3.58. The van der Waals surface area contributed by atoms with E-state index in [-0.39, 0.29) is 37.6 Å². The molecule has 7 heteroatoms. The Labute approximate surface area is 134 Å². The van der Waals surface area contributed by atoms with Gasteiger partial charge in [0.05, 0.1) is 0 Å². The highest BCUT2D eigenvalue weighted by molar-refractivity contribution is 6.39. The number of nitrogens with zero attached hydrogens (tertiary/aromatic N) is 3. The minimum absolute atomic E-state index is 0.157. The van der Waals surface area contributed by atoms with Crippen molar-refractivity contribution in [3.8, 4) is 0 Å². The molecule has 0 radical (unpaired) electrons. The van der Waals surface area contributed by atoms with Gasteiger partial charge in [-0.05, 0) is 12.0 Å². The molecule has 2 rings (SSSR count). The van der Waals surface area contributed by atoms with Gasteiger partial charge < -0.3 is 10.0 Å². The number of benzene rings is 1. The first-order valence-corrected chi connectivity index (χ1v) is 7.36. The summed E-state index contributed by atoms with van der Waals surface area (Å²) in [4.78, 5) is 36.2. The summed E-state index contributed by atoms with van der Waals surface area (Å²) >= 11 is 0. The Morgan fingerprint density at radius 1 is 1.26 bits per heavy atom. The van der Waals surface area contributed by atoms with Gasteiger partial charge in [0.15, 0.2) is 0 Å². The first kappa shape index (κ1) is 16.7. The number of hydrogen-bond donors (Lipinski definition) is 1. The van der Waals surface area contributed by atoms with Gasteiger partial charge in [0.1, 0.15) is 12.3 Å². The molecule has 0 spiro atoms. The lowest BCUT2D eigenvalue weighted by Gasteiger charge is -2.25. The lowest BCUT2D eigenvalue weighted by atomic mass is 10.1. The second-order valence-corrected chi connectivity index (χ2v) is 5.32. The SMILES string of the molecule is CN1N=C(C(=O)N(CCc2ccccc2)CC(=O)O)CCC1=O. The number of carbonyl (C=O) groups is 3. The Kier molecular flexibility index (Phi) is 5.46. The van der Waals surface area contributed by atoms with Crippen LogP contribution in [-0.2, 0) is 20.8 Å². The highest BCUT2D eigenvalue weighted by atomic mass is 16.4. The molecular formula is C16H19N3O4. The van der Waals surface area contributed by atoms with Crippen molar-refractivity contribution in [1.82, 2.24) is 9.91 Å². The first-order valence-electron chi connectivity index (χ1n) is 7.36. The molecule has 1 heterocycles. The summed E-state index contributed by atoms with van der Waals surface area (Å²) in [6.07, 6.45) is 1.01. The number of hydrazone groups is 1. The maximum atomic E-state index is 12.5. The minimum atomic E-state index is -1.08. The van der Waals surface area contributed by atoms with Crippen molar-refractivity contribution in [1.29, 1.82) is 0 Å². The standard InChI is InChI=1S/C16H19N3O4/c1-18-14(20)8-7-13(17-18)16(23)19(11-15(21)22)10-9-12-5-3-2-4-6-12/h2-6H,7-11H2,1H3,(H,21,22). The second kappa shape index (κ2) is 7.53. The van der Waals surface area contributed by atoms with E-state index in [2.05, 4.69) is 5.10 Å². The van der Waals surface area contributed by atoms with E-state index in [0.717, 1.165) is 10.6 Å². The van der Waals surface area contributed by atoms with Crippen molar-refractivity contribution in [2.75, 3.05) is 20.1 Å². The van der Waals surface area contributed by atoms with Gasteiger partial charge in [-0.15, -0.1) is 0 Å². The Hall–Kier alpha value is -2.70. The van der Waals surface area contributed by atoms with Crippen LogP contribution in [0.25, 0.3) is 0 Å². The van der Waals surface area contributed by atoms with E-state index in [4.69, 9.17) is 5.11 Å². The fraction of sp³-hybridized carbons (Fsp3) is 0.375. The van der Waals surface area contributed by atoms with E-state index < -0.39 is 11.9 Å². The zero-order valence-corrected chi connectivity index (χ0v) is 12.9. The quantitative estimate of drug-likeness (QED) is 0.838. The van der Waals surface area contributed by atoms with Crippen molar-refractivity contribution in [3.63, 3.8) is 0 Å². The normalized spacial score (nSPS) is 14.4. The van der Waals surface area contributed by atoms with Gasteiger partial charge in [0.25, 0.3) is 5.91 Å². The molecule has 122 valence electrons. The summed E-state index contributed by atoms with van der Waals surface area (Å²) in [5.74, 6) is -1.66. The first-order chi connectivity index (χ1) is 11.0. The number of hydrogen-bond acceptors (Lipinski definition) is 4. The number of amides is 2. The molecule has 0 unspecified atom stereocenters. The molecule has 0 saturated carbocycles. The molecule has 1 aromatic rings. The van der Waals surface area contributed by atoms with Gasteiger partial charge in [0.2, 0.25) is 5.91 Å². The van der Waals surface area contributed by atoms with E-state index in [9.17, 15) is 14.4 Å². The number of carboxylic acids is 1. The number of carbonyl (C=O) groups excluding carboxylic acids is 2. The Morgan fingerprint density at radius 2 is 1.96 bits per heavy atom. The maximum Gasteiger partial charge on any atom is 0.323 e. The third-order valence-corrected chi connectivity index (χ3v) is 3.58. The van der Waals surface area contributed by atoms with Crippen LogP contribution in [0.2, 0.25) is 0 Å². The minimum Gasteiger partial charge on any atom is -0.480 e. The Morgan fingerprint density at radius 3 is 2.57 bits per heavy atom. The van der Waals surface area contributed by atoms with E-state index in [1.54, 1.807) is 0 Å². The molecule has 0 saturated heterocycles. The summed E-state index contributed by atoms with van der Waals surface area (Å²) in [6, 6.07) is 9.53. The predicted molar refractivity (Wildman–Crippen MR) is 83.8 cm³/mol. The van der Waals surface area contributed by atoms with Crippen LogP contribution in [0.4, 0.5) is 0 Å². The zero-order valence-electron chi connectivity index (χ0n) is 12.9. The average Bonchev–Trinajstić information content (AvgIpc) is 2.54. The Bertz CT molecular complexity index is 627. The fourth-order valence-electron chi connectivity index (χ4n) is 2.33. The summed E-state index contributed by atoms with van der Waals surface area (Å²) in [5.41, 5.74) is 1.25. The summed E-state index contributed by atoms with van der Waals surface area (Å²) < 4.78 is 0. The average molecular weight is 317 g/mol. The van der Waals surface area contributed by atoms with Crippen LogP contribution in [0.3, 0.4) is 0 Å². The van der Waals surface area contributed by atoms with Gasteiger partial charge in [-0.2, -0.15) is 5.10 Å². The molecule has 0 atom stereocenters. The lowest BCUT2D eigenvalue weighted by molar-refractivity contribution is -0.142. The highest BCUT2D eigenvalue weighted by Crippen LogP contribution is 2.10. The van der Waals surface area contributed by atoms with Crippen molar-refractivity contribution in [3.05, 3.63) is 35.9 Å². The molecule has 0 aliphatic carbocycles. The molecule has 23 heavy (non-hydrogen) atoms. The van der Waals surface area contributed by atoms with Crippen molar-refractivity contribution >= 4 is 23.5 Å². The van der Waals surface area contributed by atoms with Crippen LogP contribution < -0.4 is 0 Å². The molecule has 7 nitrogen and oxygen atoms in total. The highest BCUT2D eigenvalue weighted by Gasteiger charge is 2.26. The number of aliphatic carboxylic acids is 1. The van der Waals surface area contributed by atoms with E-state index in [1.165, 1.54) is 11.9 Å². The smallest absolute Gasteiger partial charge is 0.323 e. The maximum absolute atomic E-state index is 12.5. The zero-order chi connectivity index (χ0) is 16.8. The Balaban J connectivity index is 2.08. The number of rotatable bonds is 6. The van der Waals surface area contributed by atoms with Gasteiger partial charge in [0, 0.05) is 26.4 Å². The van der Waals surface area contributed by atoms with Gasteiger partial charge in [-0.3, -0.25) is 14.4 Å². The van der Waals surface area contributed by atoms with Gasteiger partial charge in [-0.25, -0.2) is 5.01 Å². The third kappa shape index (κ3) is 4.64. The van der Waals surface area contributed by atoms with Crippen LogP contribution in [0.15, 0.2) is 35.4 Å². The van der Waals surface area contributed by atoms with Crippen molar-refractivity contribution in [2.24, 2.45) is 5.10 Å². The largest absolute Gasteiger partial charge is 0.480 e. The number of carboxylic acid groups (broad SMARTS) is 1. The topological polar surface area (TPSA) is 90.3 Å². The summed E-state index contributed by atoms with van der Waals surface area (Å²) in [7, 11) is 1.49. The van der Waals surface area contributed by atoms with E-state index in [1.807, 2.05) is 30.3 Å². The van der Waals surface area contributed by atoms with E-state index in [0.29, 0.717) is 6.42 Å². The molecule has 1 aliphatic heterocycles. The molecular weight excluding hydrogens is 298 g/mol. The van der Waals surface area contributed by atoms with Crippen LogP contribution in [-0.4, -0.2) is 58.6 Å². The molecule has 2 amide bonds. The fourth-order valence-corrected chi connectivity index (χ4v) is 2.33. The molecule has 0 bridgehead atoms. The lowest BCUT2D eigenvalue weighted by Crippen LogP contribution is -2.43. The second-order valence-electron chi connectivity index (χ2n) is 5.32. The van der Waals surface area contributed by atoms with Crippen molar-refractivity contribution < 1.29 is 19.5 Å². The monoisotopic (exact) mass is 317 g/mol. The molecule has 1 aromatic carbocycles. The summed E-state index contributed by atoms with van der Waals surface area (Å²) in [6.45, 7) is -0.103. The molecule has 0 aromatic heterocycles. The van der Waals surface area contributed by atoms with Gasteiger partial charge >= 0.3 is 5.97 Å². The molecule has 1 aliphatic rings. The molecule has 0 fully saturated rings. The van der Waals surface area contributed by atoms with Crippen LogP contribution in [0.1, 0.15) is 18.4 Å². The van der Waals surface area contributed by atoms with Crippen LogP contribution in [0, 0.1) is 0 Å². The predicted octanol–water partition coefficient (Wildman–Crippen LogP) is 0.750. The van der Waals surface area contributed by atoms with E-state index >= 15 is 0 Å². The van der Waals surface area contributed by atoms with Crippen molar-refractivity contribution in [2.45, 2.75) is 19.3 Å². The van der Waals surface area contributed by atoms with Crippen LogP contribution >= 0.6 is 0 Å². The summed E-state index contributed by atoms with van der Waals surface area (Å²) in [5, 5.41) is 14.1. The van der Waals surface area contributed by atoms with Crippen LogP contribution in [0.5, 0.6) is 0 Å².